The fraction of sp³-hybridized carbons (Fsp3) is 0.529. The number of carbonyl (C=O) groups is 2. The Morgan fingerprint density at radius 2 is 1.86 bits per heavy atom. The van der Waals surface area contributed by atoms with Gasteiger partial charge < -0.3 is 9.47 Å². The molecule has 2 rings (SSSR count). The van der Waals surface area contributed by atoms with Gasteiger partial charge in [-0.1, -0.05) is 26.2 Å². The van der Waals surface area contributed by atoms with Gasteiger partial charge in [-0.15, -0.1) is 0 Å². The number of esters is 1. The first-order chi connectivity index (χ1) is 10.6. The van der Waals surface area contributed by atoms with Gasteiger partial charge in [-0.2, -0.15) is 0 Å². The summed E-state index contributed by atoms with van der Waals surface area (Å²) in [7, 11) is 2.95. The molecule has 1 fully saturated rings. The number of unbranched alkanes of at least 4 members (excludes halogenated alkanes) is 2. The van der Waals surface area contributed by atoms with Gasteiger partial charge in [0, 0.05) is 5.69 Å². The second-order valence-corrected chi connectivity index (χ2v) is 5.48. The molecule has 5 heteroatoms. The van der Waals surface area contributed by atoms with Gasteiger partial charge in [0.1, 0.15) is 11.8 Å². The van der Waals surface area contributed by atoms with Crippen LogP contribution >= 0.6 is 0 Å². The molecule has 2 atom stereocenters. The van der Waals surface area contributed by atoms with E-state index in [9.17, 15) is 9.59 Å². The molecule has 0 spiro atoms. The fourth-order valence-corrected chi connectivity index (χ4v) is 2.87. The fourth-order valence-electron chi connectivity index (χ4n) is 2.87. The minimum Gasteiger partial charge on any atom is -0.497 e. The maximum Gasteiger partial charge on any atom is 0.329 e. The van der Waals surface area contributed by atoms with E-state index in [4.69, 9.17) is 9.47 Å². The zero-order valence-corrected chi connectivity index (χ0v) is 13.4. The third-order valence-electron chi connectivity index (χ3n) is 4.13. The van der Waals surface area contributed by atoms with Gasteiger partial charge in [0.25, 0.3) is 0 Å². The molecule has 120 valence electrons. The second-order valence-electron chi connectivity index (χ2n) is 5.48. The molecular formula is C17H23NO4. The van der Waals surface area contributed by atoms with Crippen LogP contribution in [0.5, 0.6) is 5.75 Å². The van der Waals surface area contributed by atoms with Crippen LogP contribution in [-0.4, -0.2) is 32.1 Å². The standard InChI is InChI=1S/C17H23NO4/c1-4-5-6-7-14-15(17(20)22-3)18(16(14)19)12-8-10-13(21-2)11-9-12/h8-11,14-15H,4-7H2,1-3H3/t14-,15-/m0/s1. The summed E-state index contributed by atoms with van der Waals surface area (Å²) in [5.74, 6) is 0.0977. The summed E-state index contributed by atoms with van der Waals surface area (Å²) in [6, 6.07) is 6.62. The predicted molar refractivity (Wildman–Crippen MR) is 83.9 cm³/mol. The number of hydrogen-bond acceptors (Lipinski definition) is 4. The topological polar surface area (TPSA) is 55.8 Å². The first kappa shape index (κ1) is 16.3. The van der Waals surface area contributed by atoms with E-state index >= 15 is 0 Å². The highest BCUT2D eigenvalue weighted by Gasteiger charge is 2.52. The van der Waals surface area contributed by atoms with Crippen LogP contribution in [0, 0.1) is 5.92 Å². The van der Waals surface area contributed by atoms with Crippen LogP contribution in [0.15, 0.2) is 24.3 Å². The second kappa shape index (κ2) is 7.29. The summed E-state index contributed by atoms with van der Waals surface area (Å²) in [5.41, 5.74) is 0.702. The molecule has 22 heavy (non-hydrogen) atoms. The summed E-state index contributed by atoms with van der Waals surface area (Å²) < 4.78 is 9.99. The summed E-state index contributed by atoms with van der Waals surface area (Å²) in [6.45, 7) is 2.12. The van der Waals surface area contributed by atoms with Crippen molar-refractivity contribution in [1.82, 2.24) is 0 Å². The predicted octanol–water partition coefficient (Wildman–Crippen LogP) is 2.78. The number of amides is 1. The van der Waals surface area contributed by atoms with Gasteiger partial charge in [0.2, 0.25) is 5.91 Å². The highest BCUT2D eigenvalue weighted by Crippen LogP contribution is 2.37. The van der Waals surface area contributed by atoms with Crippen LogP contribution in [0.2, 0.25) is 0 Å². The largest absolute Gasteiger partial charge is 0.497 e. The van der Waals surface area contributed by atoms with Gasteiger partial charge in [0.15, 0.2) is 0 Å². The van der Waals surface area contributed by atoms with Crippen LogP contribution in [0.4, 0.5) is 5.69 Å². The smallest absolute Gasteiger partial charge is 0.329 e. The number of benzene rings is 1. The Morgan fingerprint density at radius 3 is 2.41 bits per heavy atom. The van der Waals surface area contributed by atoms with Crippen molar-refractivity contribution in [2.75, 3.05) is 19.1 Å². The van der Waals surface area contributed by atoms with Crippen molar-refractivity contribution >= 4 is 17.6 Å². The lowest BCUT2D eigenvalue weighted by Crippen LogP contribution is -2.65. The van der Waals surface area contributed by atoms with Crippen molar-refractivity contribution < 1.29 is 19.1 Å². The molecule has 0 aliphatic carbocycles. The molecule has 1 aliphatic rings. The van der Waals surface area contributed by atoms with Crippen molar-refractivity contribution in [3.8, 4) is 5.75 Å². The van der Waals surface area contributed by atoms with Gasteiger partial charge in [-0.05, 0) is 30.7 Å². The van der Waals surface area contributed by atoms with Crippen LogP contribution in [0.3, 0.4) is 0 Å². The van der Waals surface area contributed by atoms with E-state index in [-0.39, 0.29) is 17.8 Å². The number of anilines is 1. The summed E-state index contributed by atoms with van der Waals surface area (Å²) >= 11 is 0. The van der Waals surface area contributed by atoms with E-state index < -0.39 is 6.04 Å². The number of nitrogens with zero attached hydrogens (tertiary/aromatic N) is 1. The third kappa shape index (κ3) is 3.08. The molecule has 0 N–H and O–H groups in total. The SMILES string of the molecule is CCCCC[C@@H]1C(=O)N(c2ccc(OC)cc2)[C@@H]1C(=O)OC. The normalized spacial score (nSPS) is 20.5. The molecular weight excluding hydrogens is 282 g/mol. The number of rotatable bonds is 7. The lowest BCUT2D eigenvalue weighted by Gasteiger charge is -2.45. The quantitative estimate of drug-likeness (QED) is 0.441. The van der Waals surface area contributed by atoms with Gasteiger partial charge in [-0.25, -0.2) is 4.79 Å². The first-order valence-electron chi connectivity index (χ1n) is 7.69. The van der Waals surface area contributed by atoms with Gasteiger partial charge >= 0.3 is 5.97 Å². The minimum atomic E-state index is -0.511. The maximum atomic E-state index is 12.4. The van der Waals surface area contributed by atoms with E-state index in [0.717, 1.165) is 25.7 Å². The van der Waals surface area contributed by atoms with Crippen molar-refractivity contribution in [2.45, 2.75) is 38.6 Å². The Labute approximate surface area is 131 Å². The van der Waals surface area contributed by atoms with E-state index in [1.54, 1.807) is 31.4 Å². The Morgan fingerprint density at radius 1 is 1.18 bits per heavy atom. The Kier molecular flexibility index (Phi) is 5.41. The monoisotopic (exact) mass is 305 g/mol. The molecule has 0 unspecified atom stereocenters. The molecule has 1 saturated heterocycles. The molecule has 0 bridgehead atoms. The van der Waals surface area contributed by atoms with Crippen molar-refractivity contribution in [2.24, 2.45) is 5.92 Å². The third-order valence-corrected chi connectivity index (χ3v) is 4.13. The molecule has 0 saturated carbocycles. The molecule has 0 radical (unpaired) electrons. The zero-order chi connectivity index (χ0) is 16.1. The number of methoxy groups -OCH3 is 2. The molecule has 1 aliphatic heterocycles. The minimum absolute atomic E-state index is 0.00308. The van der Waals surface area contributed by atoms with Crippen LogP contribution in [0.25, 0.3) is 0 Å². The molecule has 0 aromatic heterocycles. The van der Waals surface area contributed by atoms with Crippen molar-refractivity contribution in [3.05, 3.63) is 24.3 Å². The van der Waals surface area contributed by atoms with E-state index in [1.165, 1.54) is 12.0 Å². The van der Waals surface area contributed by atoms with Crippen molar-refractivity contribution in [3.63, 3.8) is 0 Å². The number of hydrogen-bond donors (Lipinski definition) is 0. The molecule has 1 aromatic rings. The molecule has 1 aromatic carbocycles. The zero-order valence-electron chi connectivity index (χ0n) is 13.4. The van der Waals surface area contributed by atoms with E-state index in [1.807, 2.05) is 0 Å². The molecule has 5 nitrogen and oxygen atoms in total. The highest BCUT2D eigenvalue weighted by atomic mass is 16.5. The summed E-state index contributed by atoms with van der Waals surface area (Å²) in [5, 5.41) is 0. The average molecular weight is 305 g/mol. The Bertz CT molecular complexity index is 526. The summed E-state index contributed by atoms with van der Waals surface area (Å²) in [6.07, 6.45) is 3.85. The summed E-state index contributed by atoms with van der Waals surface area (Å²) in [4.78, 5) is 26.0. The van der Waals surface area contributed by atoms with Crippen LogP contribution in [0.1, 0.15) is 32.6 Å². The first-order valence-corrected chi connectivity index (χ1v) is 7.69. The maximum absolute atomic E-state index is 12.4. The van der Waals surface area contributed by atoms with Crippen molar-refractivity contribution in [1.29, 1.82) is 0 Å². The Hall–Kier alpha value is -2.04. The average Bonchev–Trinajstić information content (AvgIpc) is 2.56. The highest BCUT2D eigenvalue weighted by molar-refractivity contribution is 6.10. The lowest BCUT2D eigenvalue weighted by molar-refractivity contribution is -0.152. The van der Waals surface area contributed by atoms with E-state index in [2.05, 4.69) is 6.92 Å². The number of β-lactam (4-membered cyclic amide) rings is 1. The van der Waals surface area contributed by atoms with Crippen LogP contribution < -0.4 is 9.64 Å². The molecule has 1 amide bonds. The lowest BCUT2D eigenvalue weighted by atomic mass is 9.82. The van der Waals surface area contributed by atoms with Crippen LogP contribution in [-0.2, 0) is 14.3 Å². The Balaban J connectivity index is 2.15. The van der Waals surface area contributed by atoms with Gasteiger partial charge in [0.05, 0.1) is 20.1 Å². The number of ether oxygens (including phenoxy) is 2. The molecule has 1 heterocycles. The van der Waals surface area contributed by atoms with E-state index in [0.29, 0.717) is 11.4 Å². The number of carbonyl (C=O) groups excluding carboxylic acids is 2. The van der Waals surface area contributed by atoms with Gasteiger partial charge in [-0.3, -0.25) is 9.69 Å².